The summed E-state index contributed by atoms with van der Waals surface area (Å²) in [6, 6.07) is 0. The first kappa shape index (κ1) is 21.4. The highest BCUT2D eigenvalue weighted by molar-refractivity contribution is 7.99. The maximum absolute atomic E-state index is 10.9. The highest BCUT2D eigenvalue weighted by atomic mass is 32.2. The molecule has 14 heteroatoms. The third-order valence-electron chi connectivity index (χ3n) is 4.18. The molecule has 0 radical (unpaired) electrons. The Morgan fingerprint density at radius 1 is 1.36 bits per heavy atom. The molecule has 12 nitrogen and oxygen atoms in total. The van der Waals surface area contributed by atoms with Crippen LogP contribution in [0.3, 0.4) is 0 Å². The molecule has 156 valence electrons. The van der Waals surface area contributed by atoms with Crippen molar-refractivity contribution < 1.29 is 33.8 Å². The Morgan fingerprint density at radius 2 is 2.11 bits per heavy atom. The summed E-state index contributed by atoms with van der Waals surface area (Å²) in [6.45, 7) is 1.48. The number of nitrogens with two attached hydrogens (primary N) is 1. The molecule has 2 aromatic heterocycles. The predicted molar refractivity (Wildman–Crippen MR) is 99.3 cm³/mol. The van der Waals surface area contributed by atoms with Gasteiger partial charge in [0.15, 0.2) is 22.8 Å². The SMILES string of the molecule is CCCCSc1nc(N)c2ncn(C3OC(COP(=O)(O)O)C(O)C3O)c2n1. The zero-order chi connectivity index (χ0) is 20.5. The highest BCUT2D eigenvalue weighted by Crippen LogP contribution is 2.39. The lowest BCUT2D eigenvalue weighted by molar-refractivity contribution is -0.0504. The number of phosphoric ester groups is 1. The molecule has 0 bridgehead atoms. The lowest BCUT2D eigenvalue weighted by Gasteiger charge is -2.16. The first-order valence-electron chi connectivity index (χ1n) is 8.55. The van der Waals surface area contributed by atoms with Gasteiger partial charge in [-0.15, -0.1) is 0 Å². The van der Waals surface area contributed by atoms with Gasteiger partial charge in [0.1, 0.15) is 23.8 Å². The molecule has 1 aliphatic rings. The van der Waals surface area contributed by atoms with E-state index in [-0.39, 0.29) is 5.82 Å². The number of aliphatic hydroxyl groups excluding tert-OH is 2. The van der Waals surface area contributed by atoms with Gasteiger partial charge in [-0.25, -0.2) is 19.5 Å². The van der Waals surface area contributed by atoms with Gasteiger partial charge in [-0.2, -0.15) is 0 Å². The maximum atomic E-state index is 10.9. The number of unbranched alkanes of at least 4 members (excludes halogenated alkanes) is 1. The molecule has 1 fully saturated rings. The van der Waals surface area contributed by atoms with Crippen LogP contribution in [0.5, 0.6) is 0 Å². The molecule has 1 aliphatic heterocycles. The Balaban J connectivity index is 1.85. The van der Waals surface area contributed by atoms with Crippen LogP contribution in [-0.4, -0.2) is 70.2 Å². The Morgan fingerprint density at radius 3 is 2.79 bits per heavy atom. The number of nitrogen functional groups attached to an aromatic ring is 1. The number of hydrogen-bond acceptors (Lipinski definition) is 10. The third-order valence-corrected chi connectivity index (χ3v) is 5.59. The van der Waals surface area contributed by atoms with Gasteiger partial charge in [-0.3, -0.25) is 9.09 Å². The van der Waals surface area contributed by atoms with Crippen LogP contribution in [-0.2, 0) is 13.8 Å². The van der Waals surface area contributed by atoms with Gasteiger partial charge in [0, 0.05) is 5.75 Å². The van der Waals surface area contributed by atoms with Gasteiger partial charge < -0.3 is 30.5 Å². The van der Waals surface area contributed by atoms with Crippen molar-refractivity contribution in [2.75, 3.05) is 18.1 Å². The van der Waals surface area contributed by atoms with Crippen molar-refractivity contribution >= 4 is 36.6 Å². The summed E-state index contributed by atoms with van der Waals surface area (Å²) in [6.07, 6.45) is -1.69. The molecule has 4 atom stereocenters. The third kappa shape index (κ3) is 4.63. The van der Waals surface area contributed by atoms with E-state index in [4.69, 9.17) is 20.3 Å². The number of ether oxygens (including phenoxy) is 1. The summed E-state index contributed by atoms with van der Waals surface area (Å²) >= 11 is 1.44. The normalized spacial score (nSPS) is 25.6. The number of phosphoric acid groups is 1. The van der Waals surface area contributed by atoms with Crippen LogP contribution < -0.4 is 5.73 Å². The highest BCUT2D eigenvalue weighted by Gasteiger charge is 2.45. The number of rotatable bonds is 8. The summed E-state index contributed by atoms with van der Waals surface area (Å²) in [5.74, 6) is 0.996. The molecule has 4 unspecified atom stereocenters. The molecule has 3 heterocycles. The number of aliphatic hydroxyl groups is 2. The molecule has 28 heavy (non-hydrogen) atoms. The molecule has 1 saturated heterocycles. The number of aromatic nitrogens is 4. The minimum atomic E-state index is -4.74. The minimum absolute atomic E-state index is 0.178. The van der Waals surface area contributed by atoms with E-state index in [0.29, 0.717) is 16.3 Å². The van der Waals surface area contributed by atoms with Crippen LogP contribution in [0.4, 0.5) is 5.82 Å². The van der Waals surface area contributed by atoms with E-state index in [9.17, 15) is 14.8 Å². The second kappa shape index (κ2) is 8.59. The number of anilines is 1. The minimum Gasteiger partial charge on any atom is -0.387 e. The van der Waals surface area contributed by atoms with Crippen molar-refractivity contribution in [3.05, 3.63) is 6.33 Å². The van der Waals surface area contributed by atoms with E-state index in [0.717, 1.165) is 18.6 Å². The number of imidazole rings is 1. The summed E-state index contributed by atoms with van der Waals surface area (Å²) in [5, 5.41) is 20.9. The van der Waals surface area contributed by atoms with Crippen molar-refractivity contribution in [2.24, 2.45) is 0 Å². The number of thioether (sulfide) groups is 1. The topological polar surface area (TPSA) is 186 Å². The lowest BCUT2D eigenvalue weighted by Crippen LogP contribution is -2.33. The van der Waals surface area contributed by atoms with E-state index in [1.807, 2.05) is 0 Å². The number of hydrogen-bond donors (Lipinski definition) is 5. The molecule has 0 spiro atoms. The van der Waals surface area contributed by atoms with E-state index >= 15 is 0 Å². The zero-order valence-corrected chi connectivity index (χ0v) is 16.7. The van der Waals surface area contributed by atoms with E-state index < -0.39 is 39.0 Å². The zero-order valence-electron chi connectivity index (χ0n) is 15.0. The largest absolute Gasteiger partial charge is 0.469 e. The molecule has 3 rings (SSSR count). The first-order valence-corrected chi connectivity index (χ1v) is 11.1. The predicted octanol–water partition coefficient (Wildman–Crippen LogP) is 0.0292. The molecule has 6 N–H and O–H groups in total. The van der Waals surface area contributed by atoms with Gasteiger partial charge >= 0.3 is 7.82 Å². The summed E-state index contributed by atoms with van der Waals surface area (Å²) in [7, 11) is -4.74. The second-order valence-corrected chi connectivity index (χ2v) is 8.55. The standard InChI is InChI=1S/C14H22N5O7PS/c1-2-3-4-28-14-17-11(15)8-12(18-14)19(6-16-8)13-10(21)9(20)7(26-13)5-25-27(22,23)24/h6-7,9-10,13,20-21H,2-5H2,1H3,(H2,15,17,18)(H2,22,23,24). The summed E-state index contributed by atoms with van der Waals surface area (Å²) < 4.78 is 22.2. The van der Waals surface area contributed by atoms with Crippen LogP contribution in [0.1, 0.15) is 26.0 Å². The molecule has 2 aromatic rings. The lowest BCUT2D eigenvalue weighted by atomic mass is 10.1. The van der Waals surface area contributed by atoms with E-state index in [1.165, 1.54) is 22.7 Å². The van der Waals surface area contributed by atoms with Gasteiger partial charge in [0.2, 0.25) is 0 Å². The smallest absolute Gasteiger partial charge is 0.387 e. The van der Waals surface area contributed by atoms with Crippen LogP contribution in [0.15, 0.2) is 11.5 Å². The van der Waals surface area contributed by atoms with Crippen molar-refractivity contribution in [3.8, 4) is 0 Å². The molecular weight excluding hydrogens is 413 g/mol. The summed E-state index contributed by atoms with van der Waals surface area (Å²) in [5.41, 5.74) is 6.60. The van der Waals surface area contributed by atoms with Crippen LogP contribution >= 0.6 is 19.6 Å². The van der Waals surface area contributed by atoms with Crippen molar-refractivity contribution in [1.29, 1.82) is 0 Å². The maximum Gasteiger partial charge on any atom is 0.469 e. The van der Waals surface area contributed by atoms with Gasteiger partial charge in [-0.1, -0.05) is 25.1 Å². The average Bonchev–Trinajstić information content (AvgIpc) is 3.15. The number of fused-ring (bicyclic) bond motifs is 1. The fourth-order valence-corrected chi connectivity index (χ4v) is 4.01. The van der Waals surface area contributed by atoms with Gasteiger partial charge in [0.05, 0.1) is 12.9 Å². The quantitative estimate of drug-likeness (QED) is 0.162. The fourth-order valence-electron chi connectivity index (χ4n) is 2.74. The van der Waals surface area contributed by atoms with Gasteiger partial charge in [-0.05, 0) is 6.42 Å². The van der Waals surface area contributed by atoms with Crippen molar-refractivity contribution in [1.82, 2.24) is 19.5 Å². The second-order valence-electron chi connectivity index (χ2n) is 6.25. The number of nitrogens with zero attached hydrogens (tertiary/aromatic N) is 4. The Labute approximate surface area is 164 Å². The van der Waals surface area contributed by atoms with E-state index in [1.54, 1.807) is 0 Å². The molecule has 0 aliphatic carbocycles. The van der Waals surface area contributed by atoms with Crippen LogP contribution in [0.2, 0.25) is 0 Å². The molecular formula is C14H22N5O7PS. The monoisotopic (exact) mass is 435 g/mol. The van der Waals surface area contributed by atoms with Crippen molar-refractivity contribution in [3.63, 3.8) is 0 Å². The average molecular weight is 435 g/mol. The summed E-state index contributed by atoms with van der Waals surface area (Å²) in [4.78, 5) is 30.4. The fraction of sp³-hybridized carbons (Fsp3) is 0.643. The molecule has 0 saturated carbocycles. The molecule has 0 aromatic carbocycles. The van der Waals surface area contributed by atoms with E-state index in [2.05, 4.69) is 26.4 Å². The Kier molecular flexibility index (Phi) is 6.57. The van der Waals surface area contributed by atoms with Crippen molar-refractivity contribution in [2.45, 2.75) is 49.5 Å². The van der Waals surface area contributed by atoms with Gasteiger partial charge in [0.25, 0.3) is 0 Å². The Hall–Kier alpha value is -1.31. The molecule has 0 amide bonds. The first-order chi connectivity index (χ1) is 13.2. The van der Waals surface area contributed by atoms with Crippen LogP contribution in [0, 0.1) is 0 Å². The van der Waals surface area contributed by atoms with Crippen LogP contribution in [0.25, 0.3) is 11.2 Å². The Bertz CT molecular complexity index is 877.